The number of aromatic nitrogens is 4. The number of thiophene rings is 1. The highest BCUT2D eigenvalue weighted by Crippen LogP contribution is 2.28. The van der Waals surface area contributed by atoms with Crippen molar-refractivity contribution in [3.63, 3.8) is 0 Å². The van der Waals surface area contributed by atoms with Gasteiger partial charge in [0.1, 0.15) is 0 Å². The van der Waals surface area contributed by atoms with Crippen LogP contribution in [-0.2, 0) is 5.75 Å². The zero-order valence-electron chi connectivity index (χ0n) is 15.4. The number of fused-ring (bicyclic) bond motifs is 1. The molecule has 0 amide bonds. The summed E-state index contributed by atoms with van der Waals surface area (Å²) < 4.78 is 6.89. The van der Waals surface area contributed by atoms with Gasteiger partial charge in [-0.25, -0.2) is 4.98 Å². The summed E-state index contributed by atoms with van der Waals surface area (Å²) in [5.41, 5.74) is 1.03. The number of hydrogen-bond donors (Lipinski definition) is 0. The number of halogens is 1. The van der Waals surface area contributed by atoms with Gasteiger partial charge in [-0.1, -0.05) is 58.9 Å². The summed E-state index contributed by atoms with van der Waals surface area (Å²) in [6.45, 7) is 0. The predicted molar refractivity (Wildman–Crippen MR) is 120 cm³/mol. The highest BCUT2D eigenvalue weighted by atomic mass is 35.5. The molecule has 0 unspecified atom stereocenters. The van der Waals surface area contributed by atoms with Crippen molar-refractivity contribution >= 4 is 45.6 Å². The minimum Gasteiger partial charge on any atom is -0.333 e. The molecule has 0 saturated heterocycles. The second-order valence-corrected chi connectivity index (χ2v) is 8.58. The maximum Gasteiger partial charge on any atom is 0.268 e. The first kappa shape index (κ1) is 19.0. The Balaban J connectivity index is 1.56. The smallest absolute Gasteiger partial charge is 0.268 e. The normalized spacial score (nSPS) is 11.2. The van der Waals surface area contributed by atoms with E-state index in [1.165, 1.54) is 27.7 Å². The van der Waals surface area contributed by atoms with Crippen LogP contribution in [0.1, 0.15) is 5.82 Å². The Labute approximate surface area is 184 Å². The fraction of sp³-hybridized carbons (Fsp3) is 0.0476. The van der Waals surface area contributed by atoms with E-state index in [9.17, 15) is 4.79 Å². The zero-order valence-corrected chi connectivity index (χ0v) is 17.7. The number of para-hydroxylation sites is 2. The molecule has 148 valence electrons. The minimum absolute atomic E-state index is 0.177. The van der Waals surface area contributed by atoms with E-state index in [4.69, 9.17) is 21.1 Å². The predicted octanol–water partition coefficient (Wildman–Crippen LogP) is 5.44. The van der Waals surface area contributed by atoms with Crippen LogP contribution in [0.2, 0.25) is 5.02 Å². The zero-order chi connectivity index (χ0) is 20.5. The van der Waals surface area contributed by atoms with Gasteiger partial charge in [0.15, 0.2) is 11.0 Å². The standard InChI is InChI=1S/C21H13ClN4O2S2/c22-14-7-2-4-9-16(14)26-20(27)13-6-1-3-8-15(13)23-21(26)30-12-18-24-19(28-25-18)17-10-5-11-29-17/h1-11H,12H2. The fourth-order valence-corrected chi connectivity index (χ4v) is 4.71. The molecule has 9 heteroatoms. The van der Waals surface area contributed by atoms with Gasteiger partial charge in [0.2, 0.25) is 0 Å². The molecule has 0 bridgehead atoms. The summed E-state index contributed by atoms with van der Waals surface area (Å²) in [5, 5.41) is 7.51. The Kier molecular flexibility index (Phi) is 5.12. The van der Waals surface area contributed by atoms with Crippen molar-refractivity contribution in [1.29, 1.82) is 0 Å². The maximum atomic E-state index is 13.3. The van der Waals surface area contributed by atoms with Crippen molar-refractivity contribution in [3.05, 3.63) is 87.2 Å². The average molecular weight is 453 g/mol. The largest absolute Gasteiger partial charge is 0.333 e. The van der Waals surface area contributed by atoms with Crippen molar-refractivity contribution in [2.75, 3.05) is 0 Å². The molecule has 0 aliphatic rings. The van der Waals surface area contributed by atoms with E-state index in [2.05, 4.69) is 10.1 Å². The molecule has 0 aliphatic carbocycles. The van der Waals surface area contributed by atoms with Crippen LogP contribution >= 0.6 is 34.7 Å². The average Bonchev–Trinajstić information content (AvgIpc) is 3.45. The molecule has 3 aromatic heterocycles. The van der Waals surface area contributed by atoms with Crippen LogP contribution in [-0.4, -0.2) is 19.7 Å². The molecular weight excluding hydrogens is 440 g/mol. The number of thioether (sulfide) groups is 1. The summed E-state index contributed by atoms with van der Waals surface area (Å²) >= 11 is 9.28. The van der Waals surface area contributed by atoms with Gasteiger partial charge in [-0.15, -0.1) is 11.3 Å². The second kappa shape index (κ2) is 8.06. The van der Waals surface area contributed by atoms with Crippen molar-refractivity contribution in [2.45, 2.75) is 10.9 Å². The molecule has 5 aromatic rings. The molecule has 0 fully saturated rings. The third-order valence-corrected chi connectivity index (χ3v) is 6.48. The van der Waals surface area contributed by atoms with Gasteiger partial charge in [0.25, 0.3) is 11.4 Å². The first-order chi connectivity index (χ1) is 14.7. The van der Waals surface area contributed by atoms with Crippen LogP contribution in [0.4, 0.5) is 0 Å². The number of hydrogen-bond acceptors (Lipinski definition) is 7. The summed E-state index contributed by atoms with van der Waals surface area (Å²) in [6, 6.07) is 18.3. The van der Waals surface area contributed by atoms with Crippen LogP contribution in [0.25, 0.3) is 27.4 Å². The van der Waals surface area contributed by atoms with Gasteiger partial charge in [-0.05, 0) is 35.7 Å². The van der Waals surface area contributed by atoms with Crippen molar-refractivity contribution < 1.29 is 4.52 Å². The third kappa shape index (κ3) is 3.54. The Morgan fingerprint density at radius 2 is 1.87 bits per heavy atom. The van der Waals surface area contributed by atoms with Crippen LogP contribution in [0.3, 0.4) is 0 Å². The van der Waals surface area contributed by atoms with E-state index < -0.39 is 0 Å². The first-order valence-electron chi connectivity index (χ1n) is 8.96. The van der Waals surface area contributed by atoms with E-state index in [0.29, 0.717) is 44.2 Å². The van der Waals surface area contributed by atoms with Crippen molar-refractivity contribution in [2.24, 2.45) is 0 Å². The van der Waals surface area contributed by atoms with E-state index in [0.717, 1.165) is 4.88 Å². The van der Waals surface area contributed by atoms with E-state index in [1.54, 1.807) is 18.2 Å². The molecule has 6 nitrogen and oxygen atoms in total. The Hall–Kier alpha value is -2.94. The molecular formula is C21H13ClN4O2S2. The first-order valence-corrected chi connectivity index (χ1v) is 11.2. The Morgan fingerprint density at radius 1 is 1.03 bits per heavy atom. The highest BCUT2D eigenvalue weighted by Gasteiger charge is 2.17. The molecule has 3 heterocycles. The van der Waals surface area contributed by atoms with E-state index >= 15 is 0 Å². The highest BCUT2D eigenvalue weighted by molar-refractivity contribution is 7.98. The quantitative estimate of drug-likeness (QED) is 0.261. The summed E-state index contributed by atoms with van der Waals surface area (Å²) in [5.74, 6) is 1.40. The van der Waals surface area contributed by atoms with Gasteiger partial charge < -0.3 is 4.52 Å². The van der Waals surface area contributed by atoms with Crippen LogP contribution in [0, 0.1) is 0 Å². The Bertz CT molecular complexity index is 1400. The SMILES string of the molecule is O=c1c2ccccc2nc(SCc2noc(-c3cccs3)n2)n1-c1ccccc1Cl. The molecule has 30 heavy (non-hydrogen) atoms. The topological polar surface area (TPSA) is 73.8 Å². The lowest BCUT2D eigenvalue weighted by atomic mass is 10.2. The number of benzene rings is 2. The summed E-state index contributed by atoms with van der Waals surface area (Å²) in [7, 11) is 0. The van der Waals surface area contributed by atoms with Gasteiger partial charge in [-0.2, -0.15) is 4.98 Å². The molecule has 0 saturated carbocycles. The third-order valence-electron chi connectivity index (χ3n) is 4.37. The van der Waals surface area contributed by atoms with Crippen LogP contribution in [0.15, 0.2) is 80.5 Å². The van der Waals surface area contributed by atoms with E-state index in [-0.39, 0.29) is 5.56 Å². The lowest BCUT2D eigenvalue weighted by molar-refractivity contribution is 0.426. The molecule has 0 N–H and O–H groups in total. The molecule has 0 aliphatic heterocycles. The second-order valence-electron chi connectivity index (χ2n) is 6.29. The van der Waals surface area contributed by atoms with Crippen molar-refractivity contribution in [3.8, 4) is 16.5 Å². The maximum absolute atomic E-state index is 13.3. The van der Waals surface area contributed by atoms with Crippen molar-refractivity contribution in [1.82, 2.24) is 19.7 Å². The molecule has 0 spiro atoms. The molecule has 0 atom stereocenters. The monoisotopic (exact) mass is 452 g/mol. The van der Waals surface area contributed by atoms with Gasteiger partial charge in [0, 0.05) is 0 Å². The number of rotatable bonds is 5. The van der Waals surface area contributed by atoms with Gasteiger partial charge in [0.05, 0.1) is 32.2 Å². The molecule has 5 rings (SSSR count). The molecule has 2 aromatic carbocycles. The van der Waals surface area contributed by atoms with Crippen LogP contribution < -0.4 is 5.56 Å². The number of nitrogens with zero attached hydrogens (tertiary/aromatic N) is 4. The summed E-state index contributed by atoms with van der Waals surface area (Å²) in [6.07, 6.45) is 0. The van der Waals surface area contributed by atoms with Gasteiger partial charge >= 0.3 is 0 Å². The fourth-order valence-electron chi connectivity index (χ4n) is 3.00. The lowest BCUT2D eigenvalue weighted by Gasteiger charge is -2.13. The molecule has 0 radical (unpaired) electrons. The lowest BCUT2D eigenvalue weighted by Crippen LogP contribution is -2.22. The van der Waals surface area contributed by atoms with E-state index in [1.807, 2.05) is 47.8 Å². The Morgan fingerprint density at radius 3 is 2.70 bits per heavy atom. The van der Waals surface area contributed by atoms with Gasteiger partial charge in [-0.3, -0.25) is 9.36 Å². The summed E-state index contributed by atoms with van der Waals surface area (Å²) in [4.78, 5) is 23.3. The van der Waals surface area contributed by atoms with Crippen LogP contribution in [0.5, 0.6) is 0 Å². The minimum atomic E-state index is -0.177.